The minimum Gasteiger partial charge on any atom is -0.393 e. The van der Waals surface area contributed by atoms with E-state index in [0.29, 0.717) is 5.92 Å². The zero-order chi connectivity index (χ0) is 10.4. The zero-order valence-corrected chi connectivity index (χ0v) is 8.57. The second kappa shape index (κ2) is 3.19. The highest BCUT2D eigenvalue weighted by molar-refractivity contribution is 5.96. The van der Waals surface area contributed by atoms with Crippen LogP contribution in [-0.2, 0) is 14.3 Å². The van der Waals surface area contributed by atoms with Gasteiger partial charge >= 0.3 is 11.9 Å². The third-order valence-corrected chi connectivity index (χ3v) is 3.97. The molecule has 0 bridgehead atoms. The Bertz CT molecular complexity index is 356. The predicted octanol–water partition coefficient (Wildman–Crippen LogP) is 1.82. The summed E-state index contributed by atoms with van der Waals surface area (Å²) in [5.74, 6) is -0.348. The van der Waals surface area contributed by atoms with Crippen LogP contribution in [-0.4, -0.2) is 11.9 Å². The monoisotopic (exact) mass is 206 g/mol. The summed E-state index contributed by atoms with van der Waals surface area (Å²) in [5, 5.41) is 0. The van der Waals surface area contributed by atoms with E-state index in [4.69, 9.17) is 4.74 Å². The second-order valence-electron chi connectivity index (χ2n) is 4.80. The van der Waals surface area contributed by atoms with Crippen LogP contribution in [0.1, 0.15) is 32.1 Å². The summed E-state index contributed by atoms with van der Waals surface area (Å²) in [6.07, 6.45) is 7.39. The molecule has 0 spiro atoms. The molecule has 80 valence electrons. The van der Waals surface area contributed by atoms with Crippen LogP contribution in [0.5, 0.6) is 0 Å². The van der Waals surface area contributed by atoms with Gasteiger partial charge in [0, 0.05) is 0 Å². The van der Waals surface area contributed by atoms with E-state index in [9.17, 15) is 9.59 Å². The summed E-state index contributed by atoms with van der Waals surface area (Å²) < 4.78 is 4.71. The first-order chi connectivity index (χ1) is 7.25. The molecule has 2 fully saturated rings. The third-order valence-electron chi connectivity index (χ3n) is 3.97. The number of cyclic esters (lactones) is 2. The number of carbonyl (C=O) groups is 2. The van der Waals surface area contributed by atoms with E-state index in [2.05, 4.69) is 6.08 Å². The summed E-state index contributed by atoms with van der Waals surface area (Å²) in [6, 6.07) is 0. The van der Waals surface area contributed by atoms with Gasteiger partial charge < -0.3 is 4.74 Å². The van der Waals surface area contributed by atoms with E-state index >= 15 is 0 Å². The fourth-order valence-electron chi connectivity index (χ4n) is 3.15. The lowest BCUT2D eigenvalue weighted by Gasteiger charge is -2.33. The standard InChI is InChI=1S/C12H14O3/c13-11-9-5-7-3-1-2-4-8(7)6-10(9)12(14)15-11/h3,8-10H,1-2,4-6H2. The van der Waals surface area contributed by atoms with Crippen LogP contribution in [0.15, 0.2) is 11.6 Å². The van der Waals surface area contributed by atoms with E-state index in [-0.39, 0.29) is 23.8 Å². The van der Waals surface area contributed by atoms with Gasteiger partial charge in [-0.15, -0.1) is 0 Å². The van der Waals surface area contributed by atoms with Gasteiger partial charge in [0.15, 0.2) is 0 Å². The highest BCUT2D eigenvalue weighted by Gasteiger charge is 2.49. The Hall–Kier alpha value is -1.12. The van der Waals surface area contributed by atoms with Crippen LogP contribution in [0.4, 0.5) is 0 Å². The van der Waals surface area contributed by atoms with E-state index < -0.39 is 0 Å². The third kappa shape index (κ3) is 1.33. The normalized spacial score (nSPS) is 39.2. The molecule has 0 aromatic heterocycles. The molecular formula is C12H14O3. The molecule has 1 heterocycles. The van der Waals surface area contributed by atoms with E-state index in [1.54, 1.807) is 0 Å². The topological polar surface area (TPSA) is 43.4 Å². The average molecular weight is 206 g/mol. The van der Waals surface area contributed by atoms with Gasteiger partial charge in [-0.05, 0) is 38.0 Å². The molecule has 3 heteroatoms. The van der Waals surface area contributed by atoms with Gasteiger partial charge in [-0.3, -0.25) is 9.59 Å². The molecule has 3 rings (SSSR count). The fourth-order valence-corrected chi connectivity index (χ4v) is 3.15. The molecule has 0 amide bonds. The van der Waals surface area contributed by atoms with Gasteiger partial charge in [-0.25, -0.2) is 0 Å². The molecule has 3 unspecified atom stereocenters. The van der Waals surface area contributed by atoms with Crippen LogP contribution in [0, 0.1) is 17.8 Å². The molecule has 3 aliphatic rings. The Kier molecular flexibility index (Phi) is 1.94. The number of esters is 2. The first-order valence-electron chi connectivity index (χ1n) is 5.70. The van der Waals surface area contributed by atoms with Crippen molar-refractivity contribution in [2.75, 3.05) is 0 Å². The van der Waals surface area contributed by atoms with Crippen molar-refractivity contribution < 1.29 is 14.3 Å². The molecule has 1 aliphatic heterocycles. The molecule has 2 aliphatic carbocycles. The van der Waals surface area contributed by atoms with Gasteiger partial charge in [0.05, 0.1) is 11.8 Å². The molecule has 3 nitrogen and oxygen atoms in total. The zero-order valence-electron chi connectivity index (χ0n) is 8.57. The first-order valence-corrected chi connectivity index (χ1v) is 5.70. The minimum atomic E-state index is -0.296. The van der Waals surface area contributed by atoms with Crippen molar-refractivity contribution in [3.05, 3.63) is 11.6 Å². The number of fused-ring (bicyclic) bond motifs is 2. The van der Waals surface area contributed by atoms with Gasteiger partial charge in [0.1, 0.15) is 0 Å². The maximum absolute atomic E-state index is 11.4. The largest absolute Gasteiger partial charge is 0.393 e. The lowest BCUT2D eigenvalue weighted by molar-refractivity contribution is -0.153. The van der Waals surface area contributed by atoms with Crippen LogP contribution in [0.3, 0.4) is 0 Å². The molecule has 1 saturated heterocycles. The lowest BCUT2D eigenvalue weighted by atomic mass is 9.69. The number of carbonyl (C=O) groups excluding carboxylic acids is 2. The van der Waals surface area contributed by atoms with E-state index in [1.165, 1.54) is 18.4 Å². The van der Waals surface area contributed by atoms with Crippen molar-refractivity contribution in [1.29, 1.82) is 0 Å². The van der Waals surface area contributed by atoms with Crippen molar-refractivity contribution in [3.8, 4) is 0 Å². The summed E-state index contributed by atoms with van der Waals surface area (Å²) in [5.41, 5.74) is 1.40. The van der Waals surface area contributed by atoms with Crippen LogP contribution in [0.25, 0.3) is 0 Å². The van der Waals surface area contributed by atoms with E-state index in [1.807, 2.05) is 0 Å². The molecule has 15 heavy (non-hydrogen) atoms. The number of hydrogen-bond donors (Lipinski definition) is 0. The smallest absolute Gasteiger partial charge is 0.317 e. The van der Waals surface area contributed by atoms with Gasteiger partial charge in [-0.2, -0.15) is 0 Å². The summed E-state index contributed by atoms with van der Waals surface area (Å²) >= 11 is 0. The second-order valence-corrected chi connectivity index (χ2v) is 4.80. The fraction of sp³-hybridized carbons (Fsp3) is 0.667. The highest BCUT2D eigenvalue weighted by atomic mass is 16.6. The molecular weight excluding hydrogens is 192 g/mol. The lowest BCUT2D eigenvalue weighted by Crippen LogP contribution is -2.29. The van der Waals surface area contributed by atoms with Gasteiger partial charge in [-0.1, -0.05) is 11.6 Å². The summed E-state index contributed by atoms with van der Waals surface area (Å²) in [7, 11) is 0. The quantitative estimate of drug-likeness (QED) is 0.345. The first kappa shape index (κ1) is 9.13. The Morgan fingerprint density at radius 1 is 1.20 bits per heavy atom. The number of allylic oxidation sites excluding steroid dienone is 2. The predicted molar refractivity (Wildman–Crippen MR) is 52.7 cm³/mol. The summed E-state index contributed by atoms with van der Waals surface area (Å²) in [6.45, 7) is 0. The minimum absolute atomic E-state index is 0.141. The van der Waals surface area contributed by atoms with Crippen LogP contribution < -0.4 is 0 Å². The molecule has 0 aromatic carbocycles. The van der Waals surface area contributed by atoms with Crippen molar-refractivity contribution in [3.63, 3.8) is 0 Å². The summed E-state index contributed by atoms with van der Waals surface area (Å²) in [4.78, 5) is 22.9. The number of ether oxygens (including phenoxy) is 1. The van der Waals surface area contributed by atoms with Crippen molar-refractivity contribution in [2.45, 2.75) is 32.1 Å². The Morgan fingerprint density at radius 2 is 2.00 bits per heavy atom. The Balaban J connectivity index is 1.89. The highest BCUT2D eigenvalue weighted by Crippen LogP contribution is 2.45. The maximum Gasteiger partial charge on any atom is 0.317 e. The molecule has 0 N–H and O–H groups in total. The molecule has 1 saturated carbocycles. The molecule has 0 aromatic rings. The number of hydrogen-bond acceptors (Lipinski definition) is 3. The SMILES string of the molecule is O=C1OC(=O)C2CC3CCCC=C3CC12. The molecule has 0 radical (unpaired) electrons. The Labute approximate surface area is 88.5 Å². The Morgan fingerprint density at radius 3 is 2.87 bits per heavy atom. The van der Waals surface area contributed by atoms with Crippen LogP contribution in [0.2, 0.25) is 0 Å². The van der Waals surface area contributed by atoms with Gasteiger partial charge in [0.2, 0.25) is 0 Å². The van der Waals surface area contributed by atoms with E-state index in [0.717, 1.165) is 19.3 Å². The van der Waals surface area contributed by atoms with Crippen molar-refractivity contribution in [1.82, 2.24) is 0 Å². The van der Waals surface area contributed by atoms with Crippen LogP contribution >= 0.6 is 0 Å². The maximum atomic E-state index is 11.4. The van der Waals surface area contributed by atoms with Gasteiger partial charge in [0.25, 0.3) is 0 Å². The van der Waals surface area contributed by atoms with Crippen molar-refractivity contribution in [2.24, 2.45) is 17.8 Å². The molecule has 3 atom stereocenters. The van der Waals surface area contributed by atoms with Crippen molar-refractivity contribution >= 4 is 11.9 Å². The average Bonchev–Trinajstić information content (AvgIpc) is 2.52. The number of rotatable bonds is 0.